The molecule has 3 amide bonds. The number of rotatable bonds is 13. The fourth-order valence-electron chi connectivity index (χ4n) is 6.08. The predicted molar refractivity (Wildman–Crippen MR) is 186 cm³/mol. The first-order chi connectivity index (χ1) is 23.1. The molecule has 2 heterocycles. The van der Waals surface area contributed by atoms with Crippen molar-refractivity contribution >= 4 is 34.4 Å². The number of aromatic nitrogens is 2. The zero-order chi connectivity index (χ0) is 34.4. The number of aryl methyl sites for hydroxylation is 1. The molecule has 0 aliphatic carbocycles. The molecule has 254 valence electrons. The van der Waals surface area contributed by atoms with Crippen LogP contribution in [0.3, 0.4) is 0 Å². The summed E-state index contributed by atoms with van der Waals surface area (Å²) in [6.07, 6.45) is 2.95. The Morgan fingerprint density at radius 2 is 1.77 bits per heavy atom. The van der Waals surface area contributed by atoms with Crippen molar-refractivity contribution in [2.45, 2.75) is 39.2 Å². The first-order valence-corrected chi connectivity index (χ1v) is 16.3. The average Bonchev–Trinajstić information content (AvgIpc) is 3.52. The Labute approximate surface area is 281 Å². The third-order valence-electron chi connectivity index (χ3n) is 8.81. The molecule has 0 saturated carbocycles. The standard InChI is InChI=1S/C36H45N7O5/c1-23-12-15-28(29(21-23)48-20-7-5-6-11-31(44)43-18-16-41(2)17-19-43)42(3)36(46)26-14-13-25(34(47-4)32(26)35(38)45)24-9-8-10-27-33(24)40-30(22-37)39-27/h8-10,12-15,21H,5-7,11,16-20,22,37H2,1-4H3,(H2,38,45)(H,39,40). The SMILES string of the molecule is COc1c(-c2cccc3[nH]c(CN)nc23)ccc(C(=O)N(C)c2ccc(C)cc2OCCCCCC(=O)N2CCN(C)CC2)c1C(N)=O. The van der Waals surface area contributed by atoms with Gasteiger partial charge in [0.1, 0.15) is 17.3 Å². The summed E-state index contributed by atoms with van der Waals surface area (Å²) in [4.78, 5) is 53.0. The Bertz CT molecular complexity index is 1800. The lowest BCUT2D eigenvalue weighted by atomic mass is 9.95. The maximum absolute atomic E-state index is 14.0. The van der Waals surface area contributed by atoms with Gasteiger partial charge in [-0.25, -0.2) is 4.98 Å². The van der Waals surface area contributed by atoms with Gasteiger partial charge in [-0.15, -0.1) is 0 Å². The number of nitrogens with one attached hydrogen (secondary N) is 1. The molecule has 5 N–H and O–H groups in total. The van der Waals surface area contributed by atoms with Crippen LogP contribution < -0.4 is 25.8 Å². The third-order valence-corrected chi connectivity index (χ3v) is 8.81. The zero-order valence-corrected chi connectivity index (χ0v) is 28.2. The number of nitrogens with two attached hydrogens (primary N) is 2. The highest BCUT2D eigenvalue weighted by atomic mass is 16.5. The van der Waals surface area contributed by atoms with Gasteiger partial charge in [-0.1, -0.05) is 18.2 Å². The van der Waals surface area contributed by atoms with Crippen LogP contribution in [0.5, 0.6) is 11.5 Å². The van der Waals surface area contributed by atoms with Gasteiger partial charge < -0.3 is 40.6 Å². The van der Waals surface area contributed by atoms with Gasteiger partial charge in [0.25, 0.3) is 11.8 Å². The van der Waals surface area contributed by atoms with Crippen LogP contribution in [0, 0.1) is 6.92 Å². The van der Waals surface area contributed by atoms with Gasteiger partial charge in [0, 0.05) is 50.8 Å². The Morgan fingerprint density at radius 1 is 1.00 bits per heavy atom. The number of benzene rings is 3. The van der Waals surface area contributed by atoms with E-state index in [9.17, 15) is 14.4 Å². The van der Waals surface area contributed by atoms with Crippen LogP contribution in [0.15, 0.2) is 48.5 Å². The van der Waals surface area contributed by atoms with Crippen molar-refractivity contribution in [2.75, 3.05) is 58.9 Å². The van der Waals surface area contributed by atoms with E-state index in [-0.39, 0.29) is 29.3 Å². The van der Waals surface area contributed by atoms with E-state index in [1.165, 1.54) is 12.0 Å². The number of aromatic amines is 1. The molecule has 4 aromatic rings. The number of hydrogen-bond donors (Lipinski definition) is 3. The second-order valence-electron chi connectivity index (χ2n) is 12.2. The van der Waals surface area contributed by atoms with E-state index in [1.54, 1.807) is 19.2 Å². The number of anilines is 1. The number of amides is 3. The summed E-state index contributed by atoms with van der Waals surface area (Å²) in [7, 11) is 5.14. The molecule has 1 saturated heterocycles. The molecule has 3 aromatic carbocycles. The topological polar surface area (TPSA) is 160 Å². The lowest BCUT2D eigenvalue weighted by Gasteiger charge is -2.32. The largest absolute Gasteiger partial charge is 0.495 e. The highest BCUT2D eigenvalue weighted by Gasteiger charge is 2.28. The van der Waals surface area contributed by atoms with Crippen molar-refractivity contribution < 1.29 is 23.9 Å². The highest BCUT2D eigenvalue weighted by molar-refractivity contribution is 6.15. The molecule has 0 bridgehead atoms. The summed E-state index contributed by atoms with van der Waals surface area (Å²) >= 11 is 0. The minimum Gasteiger partial charge on any atom is -0.495 e. The molecule has 48 heavy (non-hydrogen) atoms. The number of piperazine rings is 1. The van der Waals surface area contributed by atoms with Gasteiger partial charge in [-0.05, 0) is 69.1 Å². The summed E-state index contributed by atoms with van der Waals surface area (Å²) in [6.45, 7) is 6.02. The van der Waals surface area contributed by atoms with Crippen LogP contribution in [0.25, 0.3) is 22.2 Å². The van der Waals surface area contributed by atoms with Crippen molar-refractivity contribution in [1.82, 2.24) is 19.8 Å². The number of methoxy groups -OCH3 is 1. The monoisotopic (exact) mass is 655 g/mol. The molecule has 0 atom stereocenters. The lowest BCUT2D eigenvalue weighted by Crippen LogP contribution is -2.47. The fourth-order valence-corrected chi connectivity index (χ4v) is 6.08. The molecule has 0 radical (unpaired) electrons. The van der Waals surface area contributed by atoms with E-state index < -0.39 is 11.8 Å². The van der Waals surface area contributed by atoms with Gasteiger partial charge in [0.05, 0.1) is 48.1 Å². The first kappa shape index (κ1) is 34.4. The zero-order valence-electron chi connectivity index (χ0n) is 28.2. The predicted octanol–water partition coefficient (Wildman–Crippen LogP) is 4.09. The highest BCUT2D eigenvalue weighted by Crippen LogP contribution is 2.39. The van der Waals surface area contributed by atoms with Crippen molar-refractivity contribution in [2.24, 2.45) is 11.5 Å². The van der Waals surface area contributed by atoms with Crippen LogP contribution in [-0.2, 0) is 11.3 Å². The summed E-state index contributed by atoms with van der Waals surface area (Å²) in [5.74, 6) is 0.306. The molecule has 1 aromatic heterocycles. The third kappa shape index (κ3) is 7.45. The summed E-state index contributed by atoms with van der Waals surface area (Å²) in [5.41, 5.74) is 16.0. The molecular weight excluding hydrogens is 610 g/mol. The number of unbranched alkanes of at least 4 members (excludes halogenated alkanes) is 2. The second kappa shape index (κ2) is 15.3. The first-order valence-electron chi connectivity index (χ1n) is 16.3. The maximum Gasteiger partial charge on any atom is 0.259 e. The number of para-hydroxylation sites is 1. The van der Waals surface area contributed by atoms with Gasteiger partial charge in [0.2, 0.25) is 5.91 Å². The van der Waals surface area contributed by atoms with Crippen LogP contribution in [0.1, 0.15) is 57.8 Å². The van der Waals surface area contributed by atoms with E-state index in [0.29, 0.717) is 46.9 Å². The Balaban J connectivity index is 1.31. The quantitative estimate of drug-likeness (QED) is 0.182. The van der Waals surface area contributed by atoms with Crippen molar-refractivity contribution in [3.8, 4) is 22.6 Å². The van der Waals surface area contributed by atoms with E-state index in [2.05, 4.69) is 21.9 Å². The fraction of sp³-hybridized carbons (Fsp3) is 0.389. The number of nitrogens with zero attached hydrogens (tertiary/aromatic N) is 4. The van der Waals surface area contributed by atoms with Gasteiger partial charge >= 0.3 is 0 Å². The summed E-state index contributed by atoms with van der Waals surface area (Å²) in [5, 5.41) is 0. The number of carbonyl (C=O) groups excluding carboxylic acids is 3. The van der Waals surface area contributed by atoms with E-state index in [4.69, 9.17) is 20.9 Å². The Hall–Kier alpha value is -4.94. The molecule has 1 aliphatic heterocycles. The maximum atomic E-state index is 14.0. The minimum absolute atomic E-state index is 0.0286. The lowest BCUT2D eigenvalue weighted by molar-refractivity contribution is -0.132. The molecule has 0 spiro atoms. The normalized spacial score (nSPS) is 13.5. The van der Waals surface area contributed by atoms with Gasteiger partial charge in [-0.2, -0.15) is 0 Å². The van der Waals surface area contributed by atoms with Crippen LogP contribution >= 0.6 is 0 Å². The van der Waals surface area contributed by atoms with Gasteiger partial charge in [0.15, 0.2) is 0 Å². The molecule has 1 fully saturated rings. The van der Waals surface area contributed by atoms with Crippen molar-refractivity contribution in [3.63, 3.8) is 0 Å². The number of ether oxygens (including phenoxy) is 2. The second-order valence-corrected chi connectivity index (χ2v) is 12.2. The summed E-state index contributed by atoms with van der Waals surface area (Å²) in [6, 6.07) is 14.5. The smallest absolute Gasteiger partial charge is 0.259 e. The number of primary amides is 1. The number of likely N-dealkylation sites (N-methyl/N-ethyl adjacent to an activating group) is 1. The number of H-pyrrole nitrogens is 1. The van der Waals surface area contributed by atoms with Crippen LogP contribution in [-0.4, -0.2) is 91.5 Å². The molecule has 1 aliphatic rings. The average molecular weight is 656 g/mol. The number of hydrogen-bond acceptors (Lipinski definition) is 8. The van der Waals surface area contributed by atoms with Gasteiger partial charge in [-0.3, -0.25) is 14.4 Å². The van der Waals surface area contributed by atoms with E-state index in [1.807, 2.05) is 48.2 Å². The minimum atomic E-state index is -0.797. The van der Waals surface area contributed by atoms with Crippen LogP contribution in [0.2, 0.25) is 0 Å². The van der Waals surface area contributed by atoms with Crippen molar-refractivity contribution in [1.29, 1.82) is 0 Å². The number of imidazole rings is 1. The number of carbonyl (C=O) groups is 3. The molecule has 5 rings (SSSR count). The Morgan fingerprint density at radius 3 is 2.48 bits per heavy atom. The number of fused-ring (bicyclic) bond motifs is 1. The van der Waals surface area contributed by atoms with Crippen molar-refractivity contribution in [3.05, 3.63) is 71.0 Å². The summed E-state index contributed by atoms with van der Waals surface area (Å²) < 4.78 is 11.9. The Kier molecular flexibility index (Phi) is 11.0. The van der Waals surface area contributed by atoms with E-state index >= 15 is 0 Å². The van der Waals surface area contributed by atoms with Crippen LogP contribution in [0.4, 0.5) is 5.69 Å². The molecular formula is C36H45N7O5. The van der Waals surface area contributed by atoms with E-state index in [0.717, 1.165) is 56.5 Å². The molecule has 12 nitrogen and oxygen atoms in total. The molecule has 12 heteroatoms. The molecule has 0 unspecified atom stereocenters.